The van der Waals surface area contributed by atoms with Crippen molar-refractivity contribution in [1.82, 2.24) is 5.32 Å². The average molecular weight is 249 g/mol. The monoisotopic (exact) mass is 249 g/mol. The maximum Gasteiger partial charge on any atom is 0.150 e. The Labute approximate surface area is 98.7 Å². The summed E-state index contributed by atoms with van der Waals surface area (Å²) in [4.78, 5) is 0. The first-order valence-electron chi connectivity index (χ1n) is 5.86. The molecule has 1 N–H and O–H groups in total. The molecule has 1 heterocycles. The number of sulfone groups is 1. The Hall–Kier alpha value is -0.130. The molecule has 0 radical (unpaired) electrons. The Balaban J connectivity index is 2.11. The molecule has 0 aromatic carbocycles. The Kier molecular flexibility index (Phi) is 4.76. The molecule has 0 spiro atoms. The Morgan fingerprint density at radius 3 is 2.31 bits per heavy atom. The first-order chi connectivity index (χ1) is 7.29. The SMILES string of the molecule is CC(C)(C)OCCNC1CCS(=O)(=O)CC1. The van der Waals surface area contributed by atoms with Gasteiger partial charge in [0.25, 0.3) is 0 Å². The summed E-state index contributed by atoms with van der Waals surface area (Å²) in [6.07, 6.45) is 1.47. The van der Waals surface area contributed by atoms with E-state index < -0.39 is 9.84 Å². The van der Waals surface area contributed by atoms with Crippen LogP contribution in [0.1, 0.15) is 33.6 Å². The lowest BCUT2D eigenvalue weighted by atomic mass is 10.1. The highest BCUT2D eigenvalue weighted by atomic mass is 32.2. The fourth-order valence-electron chi connectivity index (χ4n) is 1.71. The highest BCUT2D eigenvalue weighted by molar-refractivity contribution is 7.91. The molecule has 0 amide bonds. The Morgan fingerprint density at radius 2 is 1.81 bits per heavy atom. The summed E-state index contributed by atoms with van der Waals surface area (Å²) < 4.78 is 28.0. The van der Waals surface area contributed by atoms with E-state index in [4.69, 9.17) is 4.74 Å². The molecule has 5 heteroatoms. The van der Waals surface area contributed by atoms with Crippen LogP contribution in [-0.2, 0) is 14.6 Å². The molecule has 0 saturated carbocycles. The topological polar surface area (TPSA) is 55.4 Å². The van der Waals surface area contributed by atoms with Crippen molar-refractivity contribution < 1.29 is 13.2 Å². The molecule has 1 fully saturated rings. The lowest BCUT2D eigenvalue weighted by Crippen LogP contribution is -2.39. The number of ether oxygens (including phenoxy) is 1. The molecular formula is C11H23NO3S. The van der Waals surface area contributed by atoms with Crippen LogP contribution in [0, 0.1) is 0 Å². The van der Waals surface area contributed by atoms with Crippen LogP contribution in [0.4, 0.5) is 0 Å². The quantitative estimate of drug-likeness (QED) is 0.754. The minimum absolute atomic E-state index is 0.0996. The van der Waals surface area contributed by atoms with E-state index in [1.807, 2.05) is 20.8 Å². The van der Waals surface area contributed by atoms with E-state index in [0.29, 0.717) is 24.2 Å². The van der Waals surface area contributed by atoms with Gasteiger partial charge in [0.05, 0.1) is 23.7 Å². The summed E-state index contributed by atoms with van der Waals surface area (Å²) in [5.41, 5.74) is -0.0996. The molecule has 0 atom stereocenters. The third-order valence-corrected chi connectivity index (χ3v) is 4.34. The van der Waals surface area contributed by atoms with Crippen molar-refractivity contribution in [3.05, 3.63) is 0 Å². The van der Waals surface area contributed by atoms with E-state index in [2.05, 4.69) is 5.32 Å². The maximum atomic E-state index is 11.2. The summed E-state index contributed by atoms with van der Waals surface area (Å²) in [6.45, 7) is 7.55. The summed E-state index contributed by atoms with van der Waals surface area (Å²) >= 11 is 0. The molecule has 1 rings (SSSR count). The lowest BCUT2D eigenvalue weighted by molar-refractivity contribution is -0.00169. The van der Waals surface area contributed by atoms with E-state index in [1.165, 1.54) is 0 Å². The third-order valence-electron chi connectivity index (χ3n) is 2.62. The van der Waals surface area contributed by atoms with Crippen LogP contribution < -0.4 is 5.32 Å². The predicted molar refractivity (Wildman–Crippen MR) is 65.4 cm³/mol. The van der Waals surface area contributed by atoms with Crippen molar-refractivity contribution in [2.45, 2.75) is 45.3 Å². The van der Waals surface area contributed by atoms with E-state index >= 15 is 0 Å². The molecule has 1 saturated heterocycles. The van der Waals surface area contributed by atoms with E-state index in [1.54, 1.807) is 0 Å². The van der Waals surface area contributed by atoms with Gasteiger partial charge < -0.3 is 10.1 Å². The van der Waals surface area contributed by atoms with Crippen molar-refractivity contribution in [1.29, 1.82) is 0 Å². The van der Waals surface area contributed by atoms with Gasteiger partial charge in [-0.3, -0.25) is 0 Å². The minimum Gasteiger partial charge on any atom is -0.375 e. The van der Waals surface area contributed by atoms with Crippen molar-refractivity contribution in [3.63, 3.8) is 0 Å². The number of nitrogens with one attached hydrogen (secondary N) is 1. The van der Waals surface area contributed by atoms with Gasteiger partial charge in [0.15, 0.2) is 0 Å². The van der Waals surface area contributed by atoms with Gasteiger partial charge in [-0.05, 0) is 33.6 Å². The molecule has 0 aromatic rings. The van der Waals surface area contributed by atoms with Crippen LogP contribution in [-0.4, -0.2) is 44.7 Å². The van der Waals surface area contributed by atoms with E-state index in [0.717, 1.165) is 19.4 Å². The largest absolute Gasteiger partial charge is 0.375 e. The molecular weight excluding hydrogens is 226 g/mol. The van der Waals surface area contributed by atoms with Gasteiger partial charge in [0.2, 0.25) is 0 Å². The van der Waals surface area contributed by atoms with Crippen molar-refractivity contribution in [2.75, 3.05) is 24.7 Å². The molecule has 0 aromatic heterocycles. The van der Waals surface area contributed by atoms with Crippen molar-refractivity contribution in [3.8, 4) is 0 Å². The average Bonchev–Trinajstić information content (AvgIpc) is 2.13. The Morgan fingerprint density at radius 1 is 1.25 bits per heavy atom. The first kappa shape index (κ1) is 13.9. The van der Waals surface area contributed by atoms with Crippen LogP contribution in [0.3, 0.4) is 0 Å². The second-order valence-corrected chi connectivity index (χ2v) is 7.64. The van der Waals surface area contributed by atoms with Gasteiger partial charge in [0, 0.05) is 12.6 Å². The third kappa shape index (κ3) is 5.82. The highest BCUT2D eigenvalue weighted by Crippen LogP contribution is 2.12. The van der Waals surface area contributed by atoms with Crippen LogP contribution in [0.5, 0.6) is 0 Å². The standard InChI is InChI=1S/C11H23NO3S/c1-11(2,3)15-7-6-12-10-4-8-16(13,14)9-5-10/h10,12H,4-9H2,1-3H3. The minimum atomic E-state index is -2.74. The zero-order valence-corrected chi connectivity index (χ0v) is 11.3. The molecule has 1 aliphatic rings. The second-order valence-electron chi connectivity index (χ2n) is 5.34. The van der Waals surface area contributed by atoms with Gasteiger partial charge in [-0.1, -0.05) is 0 Å². The van der Waals surface area contributed by atoms with Crippen molar-refractivity contribution in [2.24, 2.45) is 0 Å². The zero-order chi connectivity index (χ0) is 12.2. The second kappa shape index (κ2) is 5.47. The Bertz CT molecular complexity index is 292. The molecule has 4 nitrogen and oxygen atoms in total. The molecule has 0 bridgehead atoms. The first-order valence-corrected chi connectivity index (χ1v) is 7.68. The van der Waals surface area contributed by atoms with Crippen LogP contribution >= 0.6 is 0 Å². The fraction of sp³-hybridized carbons (Fsp3) is 1.00. The van der Waals surface area contributed by atoms with Gasteiger partial charge in [-0.25, -0.2) is 8.42 Å². The lowest BCUT2D eigenvalue weighted by Gasteiger charge is -2.24. The summed E-state index contributed by atoms with van der Waals surface area (Å²) in [6, 6.07) is 0.340. The zero-order valence-electron chi connectivity index (χ0n) is 10.5. The molecule has 96 valence electrons. The smallest absolute Gasteiger partial charge is 0.150 e. The maximum absolute atomic E-state index is 11.2. The number of rotatable bonds is 4. The molecule has 0 unspecified atom stereocenters. The number of hydrogen-bond acceptors (Lipinski definition) is 4. The van der Waals surface area contributed by atoms with Crippen LogP contribution in [0.2, 0.25) is 0 Å². The molecule has 1 aliphatic heterocycles. The highest BCUT2D eigenvalue weighted by Gasteiger charge is 2.22. The van der Waals surface area contributed by atoms with Crippen LogP contribution in [0.25, 0.3) is 0 Å². The fourth-order valence-corrected chi connectivity index (χ4v) is 3.21. The summed E-state index contributed by atoms with van der Waals surface area (Å²) in [7, 11) is -2.74. The molecule has 16 heavy (non-hydrogen) atoms. The van der Waals surface area contributed by atoms with Gasteiger partial charge in [-0.2, -0.15) is 0 Å². The summed E-state index contributed by atoms with van der Waals surface area (Å²) in [5, 5.41) is 3.34. The van der Waals surface area contributed by atoms with Crippen LogP contribution in [0.15, 0.2) is 0 Å². The molecule has 0 aliphatic carbocycles. The van der Waals surface area contributed by atoms with Gasteiger partial charge in [0.1, 0.15) is 9.84 Å². The summed E-state index contributed by atoms with van der Waals surface area (Å²) in [5.74, 6) is 0.648. The number of hydrogen-bond donors (Lipinski definition) is 1. The van der Waals surface area contributed by atoms with Gasteiger partial charge >= 0.3 is 0 Å². The predicted octanol–water partition coefficient (Wildman–Crippen LogP) is 0.968. The normalized spacial score (nSPS) is 22.2. The van der Waals surface area contributed by atoms with E-state index in [9.17, 15) is 8.42 Å². The van der Waals surface area contributed by atoms with Crippen molar-refractivity contribution >= 4 is 9.84 Å². The van der Waals surface area contributed by atoms with Gasteiger partial charge in [-0.15, -0.1) is 0 Å². The van der Waals surface area contributed by atoms with E-state index in [-0.39, 0.29) is 5.60 Å².